The maximum Gasteiger partial charge on any atom is 0.343 e. The van der Waals surface area contributed by atoms with Gasteiger partial charge in [0.15, 0.2) is 0 Å². The molecule has 3 rings (SSSR count). The monoisotopic (exact) mass is 330 g/mol. The Morgan fingerprint density at radius 3 is 2.50 bits per heavy atom. The summed E-state index contributed by atoms with van der Waals surface area (Å²) >= 11 is 0. The quantitative estimate of drug-likeness (QED) is 0.883. The lowest BCUT2D eigenvalue weighted by Gasteiger charge is -2.18. The van der Waals surface area contributed by atoms with Crippen LogP contribution in [0.2, 0.25) is 0 Å². The van der Waals surface area contributed by atoms with Crippen molar-refractivity contribution in [3.05, 3.63) is 29.7 Å². The molecule has 2 unspecified atom stereocenters. The third-order valence-corrected chi connectivity index (χ3v) is 5.28. The lowest BCUT2D eigenvalue weighted by atomic mass is 10.0. The Bertz CT molecular complexity index is 910. The molecule has 120 valence electrons. The van der Waals surface area contributed by atoms with Gasteiger partial charge in [-0.3, -0.25) is 5.43 Å². The number of benzene rings is 1. The fourth-order valence-electron chi connectivity index (χ4n) is 3.10. The van der Waals surface area contributed by atoms with Crippen molar-refractivity contribution >= 4 is 16.1 Å². The number of sulfonamides is 1. The van der Waals surface area contributed by atoms with Crippen LogP contribution in [-0.4, -0.2) is 32.5 Å². The molecule has 2 fully saturated rings. The summed E-state index contributed by atoms with van der Waals surface area (Å²) in [6.07, 6.45) is 3.25. The summed E-state index contributed by atoms with van der Waals surface area (Å²) in [4.78, 5) is 11.1. The van der Waals surface area contributed by atoms with Crippen molar-refractivity contribution in [3.63, 3.8) is 0 Å². The van der Waals surface area contributed by atoms with Crippen LogP contribution in [0, 0.1) is 18.7 Å². The Morgan fingerprint density at radius 1 is 1.27 bits per heavy atom. The second-order valence-electron chi connectivity index (χ2n) is 5.61. The van der Waals surface area contributed by atoms with E-state index >= 15 is 0 Å². The van der Waals surface area contributed by atoms with Crippen molar-refractivity contribution in [1.82, 2.24) is 15.2 Å². The van der Waals surface area contributed by atoms with E-state index in [2.05, 4.69) is 5.43 Å². The third kappa shape index (κ3) is 3.25. The molecule has 2 aliphatic rings. The molecule has 2 N–H and O–H groups in total. The molecule has 1 saturated heterocycles. The number of carbonyl (C=O) groups is 1. The van der Waals surface area contributed by atoms with E-state index in [9.17, 15) is 13.2 Å². The average molecular weight is 330 g/mol. The van der Waals surface area contributed by atoms with Crippen LogP contribution in [-0.2, 0) is 10.0 Å². The Hall–Kier alpha value is -1.60. The molecule has 0 aromatic heterocycles. The molecule has 2 atom stereocenters. The van der Waals surface area contributed by atoms with Crippen LogP contribution in [0.1, 0.15) is 34.4 Å². The number of hydrazine groups is 1. The molecule has 6 nitrogen and oxygen atoms in total. The fourth-order valence-corrected chi connectivity index (χ4v) is 3.86. The molecular formula is C15H21N3O3S. The number of hydrogen-bond acceptors (Lipinski definition) is 4. The second-order valence-corrected chi connectivity index (χ2v) is 7.23. The predicted molar refractivity (Wildman–Crippen MR) is 82.4 cm³/mol. The minimum absolute atomic E-state index is 0.454. The molecule has 2 amide bonds. The number of nitrogens with zero attached hydrogens (tertiary/aromatic N) is 1. The number of urea groups is 1. The molecule has 1 aliphatic heterocycles. The Labute approximate surface area is 140 Å². The Morgan fingerprint density at radius 2 is 1.91 bits per heavy atom. The van der Waals surface area contributed by atoms with Gasteiger partial charge in [-0.15, -0.1) is 0 Å². The van der Waals surface area contributed by atoms with Gasteiger partial charge in [-0.1, -0.05) is 24.1 Å². The van der Waals surface area contributed by atoms with Gasteiger partial charge in [-0.2, -0.15) is 0 Å². The summed E-state index contributed by atoms with van der Waals surface area (Å²) in [5.41, 5.74) is 1.56. The third-order valence-electron chi connectivity index (χ3n) is 4.08. The van der Waals surface area contributed by atoms with Crippen LogP contribution in [0.3, 0.4) is 0 Å². The van der Waals surface area contributed by atoms with Crippen LogP contribution in [0.15, 0.2) is 29.1 Å². The van der Waals surface area contributed by atoms with Crippen LogP contribution in [0.5, 0.6) is 0 Å². The molecule has 22 heavy (non-hydrogen) atoms. The summed E-state index contributed by atoms with van der Waals surface area (Å²) in [6, 6.07) is -5.15. The van der Waals surface area contributed by atoms with Crippen molar-refractivity contribution in [2.24, 2.45) is 11.8 Å². The molecule has 1 heterocycles. The second kappa shape index (κ2) is 5.89. The van der Waals surface area contributed by atoms with E-state index in [0.717, 1.165) is 19.3 Å². The van der Waals surface area contributed by atoms with Gasteiger partial charge in [0.2, 0.25) is 0 Å². The number of fused-ring (bicyclic) bond motifs is 1. The summed E-state index contributed by atoms with van der Waals surface area (Å²) in [5.74, 6) is 0.909. The predicted octanol–water partition coefficient (Wildman–Crippen LogP) is 1.63. The number of nitrogens with one attached hydrogen (secondary N) is 2. The van der Waals surface area contributed by atoms with E-state index in [1.165, 1.54) is 0 Å². The van der Waals surface area contributed by atoms with Crippen LogP contribution in [0.4, 0.5) is 4.79 Å². The number of rotatable bonds is 3. The Balaban J connectivity index is 1.83. The maximum absolute atomic E-state index is 12.6. The molecule has 1 aromatic rings. The summed E-state index contributed by atoms with van der Waals surface area (Å²) in [7, 11) is -4.78. The van der Waals surface area contributed by atoms with Gasteiger partial charge in [-0.05, 0) is 43.6 Å². The van der Waals surface area contributed by atoms with E-state index in [0.29, 0.717) is 24.9 Å². The minimum atomic E-state index is -4.78. The van der Waals surface area contributed by atoms with E-state index in [1.54, 1.807) is 9.73 Å². The zero-order chi connectivity index (χ0) is 21.7. The standard InChI is InChI=1S/C15H21N3O3S/c1-11-5-7-14(8-6-11)22(20,21)17-15(19)16-18-9-12-3-2-4-13(12)10-18/h5-8,12-13H,2-4,9-10H2,1H3,(H2,16,17,19)/i1D3,5D,6D,7D,8D. The van der Waals surface area contributed by atoms with Crippen LogP contribution < -0.4 is 10.1 Å². The highest BCUT2D eigenvalue weighted by Crippen LogP contribution is 2.36. The van der Waals surface area contributed by atoms with Crippen molar-refractivity contribution < 1.29 is 22.8 Å². The SMILES string of the molecule is [2H]c1c([2H])c(S(=O)(=O)NC(=O)NN2CC3CCCC3C2)c([2H])c([2H])c1C([2H])([2H])[2H]. The average Bonchev–Trinajstić information content (AvgIpc) is 3.12. The lowest BCUT2D eigenvalue weighted by Crippen LogP contribution is -2.48. The molecule has 0 radical (unpaired) electrons. The first-order valence-electron chi connectivity index (χ1n) is 10.5. The van der Waals surface area contributed by atoms with Gasteiger partial charge in [0.25, 0.3) is 10.0 Å². The summed E-state index contributed by atoms with van der Waals surface area (Å²) in [6.45, 7) is -1.75. The van der Waals surface area contributed by atoms with Crippen LogP contribution in [0.25, 0.3) is 0 Å². The number of carbonyl (C=O) groups excluding carboxylic acids is 1. The summed E-state index contributed by atoms with van der Waals surface area (Å²) in [5, 5.41) is 1.62. The number of hydrogen-bond donors (Lipinski definition) is 2. The van der Waals surface area contributed by atoms with Crippen molar-refractivity contribution in [2.75, 3.05) is 13.1 Å². The van der Waals surface area contributed by atoms with Gasteiger partial charge in [0.1, 0.15) is 0 Å². The van der Waals surface area contributed by atoms with E-state index in [4.69, 9.17) is 9.60 Å². The van der Waals surface area contributed by atoms with E-state index in [-0.39, 0.29) is 0 Å². The van der Waals surface area contributed by atoms with Gasteiger partial charge in [-0.25, -0.2) is 22.9 Å². The van der Waals surface area contributed by atoms with Gasteiger partial charge in [0, 0.05) is 17.2 Å². The highest BCUT2D eigenvalue weighted by Gasteiger charge is 2.36. The van der Waals surface area contributed by atoms with Crippen molar-refractivity contribution in [2.45, 2.75) is 31.0 Å². The molecule has 0 bridgehead atoms. The van der Waals surface area contributed by atoms with E-state index < -0.39 is 57.5 Å². The summed E-state index contributed by atoms with van der Waals surface area (Å²) < 4.78 is 80.2. The maximum atomic E-state index is 12.6. The Kier molecular flexibility index (Phi) is 2.38. The fraction of sp³-hybridized carbons (Fsp3) is 0.533. The largest absolute Gasteiger partial charge is 0.343 e. The topological polar surface area (TPSA) is 78.5 Å². The highest BCUT2D eigenvalue weighted by molar-refractivity contribution is 7.90. The number of amides is 2. The molecule has 7 heteroatoms. The molecule has 1 aromatic carbocycles. The minimum Gasteiger partial charge on any atom is -0.270 e. The molecular weight excluding hydrogens is 302 g/mol. The first-order chi connectivity index (χ1) is 13.3. The molecule has 1 aliphatic carbocycles. The van der Waals surface area contributed by atoms with Gasteiger partial charge < -0.3 is 0 Å². The lowest BCUT2D eigenvalue weighted by molar-refractivity contribution is 0.195. The smallest absolute Gasteiger partial charge is 0.270 e. The zero-order valence-electron chi connectivity index (χ0n) is 18.8. The van der Waals surface area contributed by atoms with Crippen molar-refractivity contribution in [3.8, 4) is 0 Å². The normalized spacial score (nSPS) is 30.1. The highest BCUT2D eigenvalue weighted by atomic mass is 32.2. The van der Waals surface area contributed by atoms with Gasteiger partial charge >= 0.3 is 6.03 Å². The first kappa shape index (κ1) is 8.88. The molecule has 0 spiro atoms. The zero-order valence-corrected chi connectivity index (χ0v) is 12.6. The van der Waals surface area contributed by atoms with Gasteiger partial charge in [0.05, 0.1) is 10.4 Å². The first-order valence-corrected chi connectivity index (χ1v) is 8.50. The molecule has 1 saturated carbocycles. The van der Waals surface area contributed by atoms with Crippen LogP contribution >= 0.6 is 0 Å². The van der Waals surface area contributed by atoms with Crippen molar-refractivity contribution in [1.29, 1.82) is 0 Å². The van der Waals surface area contributed by atoms with E-state index in [1.807, 2.05) is 0 Å².